The van der Waals surface area contributed by atoms with Crippen LogP contribution in [0.4, 0.5) is 17.6 Å². The molecule has 1 aliphatic carbocycles. The van der Waals surface area contributed by atoms with Gasteiger partial charge < -0.3 is 5.32 Å². The van der Waals surface area contributed by atoms with E-state index in [-0.39, 0.29) is 28.6 Å². The van der Waals surface area contributed by atoms with Crippen LogP contribution in [-0.4, -0.2) is 41.4 Å². The third-order valence-electron chi connectivity index (χ3n) is 6.68. The lowest BCUT2D eigenvalue weighted by Crippen LogP contribution is -2.36. The minimum Gasteiger partial charge on any atom is -0.340 e. The number of amides is 1. The first-order valence-corrected chi connectivity index (χ1v) is 11.9. The summed E-state index contributed by atoms with van der Waals surface area (Å²) in [4.78, 5) is 37.9. The Bertz CT molecular complexity index is 1610. The van der Waals surface area contributed by atoms with Crippen molar-refractivity contribution >= 4 is 16.9 Å². The fraction of sp³-hybridized carbons (Fsp3) is 0.360. The van der Waals surface area contributed by atoms with Gasteiger partial charge in [0.1, 0.15) is 11.9 Å². The molecule has 0 spiro atoms. The summed E-state index contributed by atoms with van der Waals surface area (Å²) in [6, 6.07) is 1.82. The van der Waals surface area contributed by atoms with Gasteiger partial charge in [-0.25, -0.2) is 24.0 Å². The Kier molecular flexibility index (Phi) is 6.03. The van der Waals surface area contributed by atoms with Gasteiger partial charge in [-0.3, -0.25) is 14.2 Å². The van der Waals surface area contributed by atoms with Gasteiger partial charge in [0, 0.05) is 24.0 Å². The molecule has 3 heterocycles. The molecule has 1 aliphatic rings. The van der Waals surface area contributed by atoms with E-state index < -0.39 is 35.0 Å². The van der Waals surface area contributed by atoms with E-state index in [4.69, 9.17) is 0 Å². The van der Waals surface area contributed by atoms with Gasteiger partial charge in [0.2, 0.25) is 5.82 Å². The van der Waals surface area contributed by atoms with Crippen LogP contribution in [0.15, 0.2) is 47.9 Å². The van der Waals surface area contributed by atoms with Gasteiger partial charge in [0.05, 0.1) is 29.0 Å². The lowest BCUT2D eigenvalue weighted by atomic mass is 9.99. The van der Waals surface area contributed by atoms with Crippen molar-refractivity contribution in [3.05, 3.63) is 70.7 Å². The minimum atomic E-state index is -4.65. The van der Waals surface area contributed by atoms with Crippen molar-refractivity contribution in [3.8, 4) is 11.1 Å². The van der Waals surface area contributed by atoms with Crippen molar-refractivity contribution in [1.29, 1.82) is 0 Å². The Hall–Kier alpha value is -4.16. The van der Waals surface area contributed by atoms with E-state index in [1.807, 2.05) is 13.8 Å². The summed E-state index contributed by atoms with van der Waals surface area (Å²) in [5.74, 6) is -1.38. The zero-order valence-electron chi connectivity index (χ0n) is 20.6. The number of nitrogens with zero attached hydrogens (tertiary/aromatic N) is 6. The molecule has 9 nitrogen and oxygen atoms in total. The average Bonchev–Trinajstić information content (AvgIpc) is 3.50. The molecule has 1 atom stereocenters. The predicted octanol–water partition coefficient (Wildman–Crippen LogP) is 4.31. The molecule has 1 unspecified atom stereocenters. The van der Waals surface area contributed by atoms with Crippen molar-refractivity contribution in [2.75, 3.05) is 0 Å². The first kappa shape index (κ1) is 25.5. The summed E-state index contributed by atoms with van der Waals surface area (Å²) in [5.41, 5.74) is -1.34. The fourth-order valence-corrected chi connectivity index (χ4v) is 4.31. The highest BCUT2D eigenvalue weighted by Crippen LogP contribution is 2.47. The van der Waals surface area contributed by atoms with E-state index in [0.717, 1.165) is 25.5 Å². The Morgan fingerprint density at radius 2 is 1.87 bits per heavy atom. The maximum atomic E-state index is 15.3. The Morgan fingerprint density at radius 1 is 1.13 bits per heavy atom. The molecule has 1 aromatic carbocycles. The molecule has 38 heavy (non-hydrogen) atoms. The average molecular weight is 529 g/mol. The third-order valence-corrected chi connectivity index (χ3v) is 6.68. The molecule has 0 bridgehead atoms. The number of aromatic nitrogens is 6. The van der Waals surface area contributed by atoms with Crippen molar-refractivity contribution in [2.45, 2.75) is 57.4 Å². The van der Waals surface area contributed by atoms with Gasteiger partial charge in [-0.2, -0.15) is 18.3 Å². The molecular weight excluding hydrogens is 506 g/mol. The van der Waals surface area contributed by atoms with Gasteiger partial charge in [-0.05, 0) is 45.2 Å². The monoisotopic (exact) mass is 529 g/mol. The first-order valence-electron chi connectivity index (χ1n) is 11.9. The van der Waals surface area contributed by atoms with E-state index >= 15 is 4.39 Å². The molecule has 4 aromatic rings. The van der Waals surface area contributed by atoms with Gasteiger partial charge in [0.15, 0.2) is 5.65 Å². The summed E-state index contributed by atoms with van der Waals surface area (Å²) in [7, 11) is 0. The first-order chi connectivity index (χ1) is 17.9. The summed E-state index contributed by atoms with van der Waals surface area (Å²) < 4.78 is 56.9. The normalized spacial score (nSPS) is 15.6. The van der Waals surface area contributed by atoms with Gasteiger partial charge >= 0.3 is 6.18 Å². The second kappa shape index (κ2) is 8.99. The number of hydrogen-bond acceptors (Lipinski definition) is 6. The largest absolute Gasteiger partial charge is 0.409 e. The third kappa shape index (κ3) is 4.41. The number of alkyl halides is 3. The van der Waals surface area contributed by atoms with Crippen molar-refractivity contribution in [2.24, 2.45) is 0 Å². The summed E-state index contributed by atoms with van der Waals surface area (Å²) in [6.07, 6.45) is 1.28. The van der Waals surface area contributed by atoms with Crippen molar-refractivity contribution < 1.29 is 22.4 Å². The molecule has 198 valence electrons. The molecule has 0 radical (unpaired) electrons. The van der Waals surface area contributed by atoms with E-state index in [0.29, 0.717) is 28.4 Å². The minimum absolute atomic E-state index is 0.0151. The summed E-state index contributed by atoms with van der Waals surface area (Å²) in [6.45, 7) is 4.70. The van der Waals surface area contributed by atoms with Crippen LogP contribution in [0.3, 0.4) is 0 Å². The number of fused-ring (bicyclic) bond motifs is 1. The van der Waals surface area contributed by atoms with Crippen molar-refractivity contribution in [1.82, 2.24) is 34.6 Å². The van der Waals surface area contributed by atoms with Crippen LogP contribution in [0.25, 0.3) is 22.2 Å². The topological polar surface area (TPSA) is 108 Å². The zero-order valence-corrected chi connectivity index (χ0v) is 20.6. The van der Waals surface area contributed by atoms with E-state index in [2.05, 4.69) is 25.4 Å². The van der Waals surface area contributed by atoms with Gasteiger partial charge in [-0.15, -0.1) is 0 Å². The fourth-order valence-electron chi connectivity index (χ4n) is 4.31. The maximum Gasteiger partial charge on any atom is 0.409 e. The number of benzene rings is 1. The van der Waals surface area contributed by atoms with Crippen LogP contribution in [0.1, 0.15) is 61.9 Å². The second-order valence-electron chi connectivity index (χ2n) is 9.62. The quantitative estimate of drug-likeness (QED) is 0.373. The lowest BCUT2D eigenvalue weighted by molar-refractivity contribution is -0.163. The van der Waals surface area contributed by atoms with Crippen LogP contribution in [0.2, 0.25) is 0 Å². The Balaban J connectivity index is 1.42. The molecule has 1 N–H and O–H groups in total. The maximum absolute atomic E-state index is 15.3. The SMILES string of the molecule is CC(C)n1ncc2cnc(C(=O)NC3(c4ccc(-c5cncn(C(C)C(F)(F)F)c5=O)cc4F)CC3)nc21. The number of nitrogens with one attached hydrogen (secondary N) is 1. The molecule has 3 aromatic heterocycles. The van der Waals surface area contributed by atoms with Gasteiger partial charge in [0.25, 0.3) is 11.5 Å². The molecule has 13 heteroatoms. The van der Waals surface area contributed by atoms with Gasteiger partial charge in [-0.1, -0.05) is 12.1 Å². The standard InChI is InChI=1S/C25H23F4N7O2/c1-13(2)36-21-16(10-32-36)9-31-20(33-21)22(37)34-24(6-7-24)18-5-4-15(8-19(18)26)17-11-30-12-35(23(17)38)14(3)25(27,28)29/h4-5,8-14H,6-7H2,1-3H3,(H,34,37). The highest BCUT2D eigenvalue weighted by atomic mass is 19.4. The number of carbonyl (C=O) groups is 1. The Morgan fingerprint density at radius 3 is 2.50 bits per heavy atom. The molecule has 0 aliphatic heterocycles. The molecule has 0 saturated heterocycles. The van der Waals surface area contributed by atoms with Crippen molar-refractivity contribution in [3.63, 3.8) is 0 Å². The molecular formula is C25H23F4N7O2. The molecule has 5 rings (SSSR count). The number of rotatable bonds is 6. The van der Waals surface area contributed by atoms with Crippen LogP contribution < -0.4 is 10.9 Å². The number of hydrogen-bond donors (Lipinski definition) is 1. The lowest BCUT2D eigenvalue weighted by Gasteiger charge is -2.20. The molecule has 1 amide bonds. The van der Waals surface area contributed by atoms with Crippen LogP contribution in [0, 0.1) is 5.82 Å². The predicted molar refractivity (Wildman–Crippen MR) is 129 cm³/mol. The highest BCUT2D eigenvalue weighted by Gasteiger charge is 2.48. The van der Waals surface area contributed by atoms with Crippen LogP contribution >= 0.6 is 0 Å². The van der Waals surface area contributed by atoms with E-state index in [9.17, 15) is 22.8 Å². The number of carbonyl (C=O) groups excluding carboxylic acids is 1. The Labute approximate surface area is 213 Å². The number of halogens is 4. The summed E-state index contributed by atoms with van der Waals surface area (Å²) >= 11 is 0. The van der Waals surface area contributed by atoms with Crippen LogP contribution in [-0.2, 0) is 5.54 Å². The van der Waals surface area contributed by atoms with E-state index in [1.54, 1.807) is 10.9 Å². The highest BCUT2D eigenvalue weighted by molar-refractivity contribution is 5.93. The summed E-state index contributed by atoms with van der Waals surface area (Å²) in [5, 5.41) is 7.76. The smallest absolute Gasteiger partial charge is 0.340 e. The van der Waals surface area contributed by atoms with Crippen LogP contribution in [0.5, 0.6) is 0 Å². The zero-order chi connectivity index (χ0) is 27.4. The molecule has 1 fully saturated rings. The second-order valence-corrected chi connectivity index (χ2v) is 9.62. The molecule has 1 saturated carbocycles. The van der Waals surface area contributed by atoms with E-state index in [1.165, 1.54) is 18.3 Å².